The average Bonchev–Trinajstić information content (AvgIpc) is 3.82. The molecule has 5 heterocycles. The number of hydrogen-bond acceptors (Lipinski definition) is 12. The maximum absolute atomic E-state index is 12.5. The van der Waals surface area contributed by atoms with Gasteiger partial charge in [-0.1, -0.05) is 41.5 Å². The van der Waals surface area contributed by atoms with Crippen molar-refractivity contribution in [2.75, 3.05) is 27.9 Å². The molecule has 12 heteroatoms. The highest BCUT2D eigenvalue weighted by Crippen LogP contribution is 2.55. The van der Waals surface area contributed by atoms with Gasteiger partial charge < -0.3 is 47.7 Å². The third-order valence-electron chi connectivity index (χ3n) is 13.8. The lowest BCUT2D eigenvalue weighted by molar-refractivity contribution is -0.337. The number of methoxy groups -OCH3 is 3. The molecule has 5 fully saturated rings. The quantitative estimate of drug-likeness (QED) is 0.250. The van der Waals surface area contributed by atoms with Crippen molar-refractivity contribution >= 4 is 11.9 Å². The first-order chi connectivity index (χ1) is 24.4. The summed E-state index contributed by atoms with van der Waals surface area (Å²) in [5.74, 6) is -3.10. The molecule has 17 atom stereocenters. The van der Waals surface area contributed by atoms with Crippen LogP contribution in [0.2, 0.25) is 0 Å². The first kappa shape index (κ1) is 41.8. The third-order valence-corrected chi connectivity index (χ3v) is 13.8. The number of ether oxygens (including phenoxy) is 9. The van der Waals surface area contributed by atoms with Gasteiger partial charge in [0.15, 0.2) is 5.79 Å². The molecule has 5 aliphatic rings. The normalized spacial score (nSPS) is 46.9. The average molecular weight is 741 g/mol. The molecular weight excluding hydrogens is 672 g/mol. The summed E-state index contributed by atoms with van der Waals surface area (Å²) < 4.78 is 57.0. The highest BCUT2D eigenvalue weighted by molar-refractivity contribution is 5.72. The Morgan fingerprint density at radius 1 is 0.962 bits per heavy atom. The summed E-state index contributed by atoms with van der Waals surface area (Å²) in [6, 6.07) is 0. The molecule has 5 saturated heterocycles. The van der Waals surface area contributed by atoms with Crippen molar-refractivity contribution in [1.82, 2.24) is 0 Å². The van der Waals surface area contributed by atoms with E-state index in [0.717, 1.165) is 38.5 Å². The highest BCUT2D eigenvalue weighted by atomic mass is 16.7. The van der Waals surface area contributed by atoms with Crippen molar-refractivity contribution in [2.45, 2.75) is 179 Å². The molecular formula is C40H68O12. The van der Waals surface area contributed by atoms with Gasteiger partial charge in [-0.3, -0.25) is 9.59 Å². The minimum atomic E-state index is -1.03. The van der Waals surface area contributed by atoms with Gasteiger partial charge in [-0.25, -0.2) is 0 Å². The SMILES string of the molecule is CC[C@]1([C@@H]2O[C@@H]([C@H]3O[C@](COC(C)=O)(OC)[C@H](C)C[C@@H]3C)C[C@@H]2C)CC[C@H]([C@@]2(C)CC[C@]3(C[C@H](O)[C@@H](C)[C@@H]([C@@H](C)[C@@H](OC)[C@H](C)C(=O)OC)O3)O2)O1. The van der Waals surface area contributed by atoms with E-state index in [1.807, 2.05) is 13.8 Å². The third kappa shape index (κ3) is 7.71. The van der Waals surface area contributed by atoms with Crippen LogP contribution in [0.1, 0.15) is 114 Å². The molecule has 0 aromatic carbocycles. The molecule has 52 heavy (non-hydrogen) atoms. The van der Waals surface area contributed by atoms with Crippen molar-refractivity contribution in [3.05, 3.63) is 0 Å². The van der Waals surface area contributed by atoms with Crippen molar-refractivity contribution in [2.24, 2.45) is 35.5 Å². The van der Waals surface area contributed by atoms with E-state index in [1.54, 1.807) is 21.1 Å². The van der Waals surface area contributed by atoms with Crippen LogP contribution in [0.3, 0.4) is 0 Å². The zero-order chi connectivity index (χ0) is 38.4. The van der Waals surface area contributed by atoms with Crippen molar-refractivity contribution in [1.29, 1.82) is 0 Å². The summed E-state index contributed by atoms with van der Waals surface area (Å²) >= 11 is 0. The minimum absolute atomic E-state index is 0.0369. The molecule has 1 spiro atoms. The summed E-state index contributed by atoms with van der Waals surface area (Å²) in [5.41, 5.74) is -1.12. The molecule has 0 aliphatic carbocycles. The standard InChI is InChI=1S/C40H68O12/c1-13-38(35-23(3)19-30(48-35)32-22(2)18-24(4)40(46-12,51-32)21-47-28(8)41)15-14-31(49-38)37(9)16-17-39(52-37)20-29(42)25(5)34(50-39)26(6)33(44-10)27(7)36(43)45-11/h22-27,29-35,42H,13-21H2,1-12H3/t22-,23-,24+,25+,26-,27-,29-,30+,31+,32-,33+,34-,35+,37+,38+,39+,40-/m0/s1. The summed E-state index contributed by atoms with van der Waals surface area (Å²) in [6.45, 7) is 18.1. The van der Waals surface area contributed by atoms with E-state index in [2.05, 4.69) is 34.6 Å². The van der Waals surface area contributed by atoms with E-state index >= 15 is 0 Å². The Morgan fingerprint density at radius 3 is 2.29 bits per heavy atom. The van der Waals surface area contributed by atoms with Crippen LogP contribution in [0.5, 0.6) is 0 Å². The van der Waals surface area contributed by atoms with Crippen LogP contribution in [0, 0.1) is 35.5 Å². The van der Waals surface area contributed by atoms with Crippen LogP contribution in [0.15, 0.2) is 0 Å². The number of aliphatic hydroxyl groups is 1. The van der Waals surface area contributed by atoms with E-state index in [4.69, 9.17) is 42.6 Å². The molecule has 0 saturated carbocycles. The number of rotatable bonds is 12. The number of carbonyl (C=O) groups is 2. The molecule has 0 amide bonds. The summed E-state index contributed by atoms with van der Waals surface area (Å²) in [4.78, 5) is 24.2. The molecule has 0 bridgehead atoms. The van der Waals surface area contributed by atoms with Crippen LogP contribution in [-0.2, 0) is 52.2 Å². The molecule has 0 aromatic heterocycles. The van der Waals surface area contributed by atoms with Gasteiger partial charge in [0.2, 0.25) is 5.79 Å². The lowest BCUT2D eigenvalue weighted by Gasteiger charge is -2.49. The van der Waals surface area contributed by atoms with Crippen LogP contribution in [-0.4, -0.2) is 110 Å². The van der Waals surface area contributed by atoms with Crippen LogP contribution in [0.4, 0.5) is 0 Å². The van der Waals surface area contributed by atoms with Gasteiger partial charge in [0.25, 0.3) is 0 Å². The first-order valence-corrected chi connectivity index (χ1v) is 19.8. The smallest absolute Gasteiger partial charge is 0.311 e. The van der Waals surface area contributed by atoms with Gasteiger partial charge in [0.05, 0.1) is 67.0 Å². The predicted octanol–water partition coefficient (Wildman–Crippen LogP) is 5.59. The van der Waals surface area contributed by atoms with Gasteiger partial charge in [0.1, 0.15) is 6.61 Å². The summed E-state index contributed by atoms with van der Waals surface area (Å²) in [7, 11) is 4.59. The van der Waals surface area contributed by atoms with Crippen molar-refractivity contribution < 1.29 is 57.3 Å². The molecule has 5 aliphatic heterocycles. The largest absolute Gasteiger partial charge is 0.469 e. The van der Waals surface area contributed by atoms with Gasteiger partial charge in [-0.15, -0.1) is 0 Å². The number of hydrogen-bond donors (Lipinski definition) is 1. The fraction of sp³-hybridized carbons (Fsp3) is 0.950. The second-order valence-corrected chi connectivity index (χ2v) is 17.3. The molecule has 0 unspecified atom stereocenters. The Bertz CT molecular complexity index is 1250. The lowest BCUT2D eigenvalue weighted by atomic mass is 9.78. The van der Waals surface area contributed by atoms with Gasteiger partial charge in [-0.2, -0.15) is 0 Å². The highest BCUT2D eigenvalue weighted by Gasteiger charge is 2.62. The number of aliphatic hydroxyl groups excluding tert-OH is 1. The molecule has 0 radical (unpaired) electrons. The fourth-order valence-electron chi connectivity index (χ4n) is 10.6. The molecule has 300 valence electrons. The Kier molecular flexibility index (Phi) is 12.9. The van der Waals surface area contributed by atoms with Gasteiger partial charge >= 0.3 is 11.9 Å². The molecule has 5 rings (SSSR count). The Labute approximate surface area is 311 Å². The molecule has 0 aromatic rings. The van der Waals surface area contributed by atoms with Gasteiger partial charge in [0, 0.05) is 51.7 Å². The minimum Gasteiger partial charge on any atom is -0.469 e. The van der Waals surface area contributed by atoms with Crippen LogP contribution < -0.4 is 0 Å². The van der Waals surface area contributed by atoms with E-state index in [1.165, 1.54) is 14.0 Å². The van der Waals surface area contributed by atoms with E-state index in [0.29, 0.717) is 12.8 Å². The maximum atomic E-state index is 12.5. The summed E-state index contributed by atoms with van der Waals surface area (Å²) in [6.07, 6.45) is 3.68. The number of carbonyl (C=O) groups excluding carboxylic acids is 2. The monoisotopic (exact) mass is 740 g/mol. The predicted molar refractivity (Wildman–Crippen MR) is 191 cm³/mol. The summed E-state index contributed by atoms with van der Waals surface area (Å²) in [5, 5.41) is 11.4. The molecule has 1 N–H and O–H groups in total. The topological polar surface area (TPSA) is 137 Å². The van der Waals surface area contributed by atoms with E-state index in [-0.39, 0.29) is 72.6 Å². The maximum Gasteiger partial charge on any atom is 0.311 e. The zero-order valence-corrected chi connectivity index (χ0v) is 33.8. The van der Waals surface area contributed by atoms with E-state index in [9.17, 15) is 14.7 Å². The molecule has 12 nitrogen and oxygen atoms in total. The van der Waals surface area contributed by atoms with E-state index < -0.39 is 47.0 Å². The van der Waals surface area contributed by atoms with Crippen LogP contribution >= 0.6 is 0 Å². The fourth-order valence-corrected chi connectivity index (χ4v) is 10.6. The number of esters is 2. The second-order valence-electron chi connectivity index (χ2n) is 17.3. The first-order valence-electron chi connectivity index (χ1n) is 19.8. The Balaban J connectivity index is 1.29. The Hall–Kier alpha value is -1.38. The second kappa shape index (κ2) is 16.0. The lowest BCUT2D eigenvalue weighted by Crippen LogP contribution is -2.57. The van der Waals surface area contributed by atoms with Crippen molar-refractivity contribution in [3.63, 3.8) is 0 Å². The zero-order valence-electron chi connectivity index (χ0n) is 33.8. The van der Waals surface area contributed by atoms with Crippen molar-refractivity contribution in [3.8, 4) is 0 Å². The Morgan fingerprint density at radius 2 is 1.67 bits per heavy atom. The van der Waals surface area contributed by atoms with Gasteiger partial charge in [-0.05, 0) is 64.2 Å². The van der Waals surface area contributed by atoms with Crippen LogP contribution in [0.25, 0.3) is 0 Å².